The Bertz CT molecular complexity index is 353. The Morgan fingerprint density at radius 3 is 2.43 bits per heavy atom. The van der Waals surface area contributed by atoms with Crippen molar-refractivity contribution in [3.63, 3.8) is 0 Å². The minimum atomic E-state index is -0.312. The normalized spacial score (nSPS) is 8.95. The zero-order valence-electron chi connectivity index (χ0n) is 12.4. The third-order valence-electron chi connectivity index (χ3n) is 2.25. The van der Waals surface area contributed by atoms with E-state index in [0.29, 0.717) is 19.7 Å². The van der Waals surface area contributed by atoms with Crippen molar-refractivity contribution < 1.29 is 52.4 Å². The summed E-state index contributed by atoms with van der Waals surface area (Å²) in [4.78, 5) is 16.3. The molecule has 0 spiro atoms. The van der Waals surface area contributed by atoms with Crippen LogP contribution in [-0.4, -0.2) is 50.2 Å². The zero-order chi connectivity index (χ0) is 15.2. The predicted molar refractivity (Wildman–Crippen MR) is 76.2 cm³/mol. The fourth-order valence-corrected chi connectivity index (χ4v) is 1.17. The van der Waals surface area contributed by atoms with E-state index in [2.05, 4.69) is 15.9 Å². The number of rotatable bonds is 6. The number of nitrogens with two attached hydrogens (primary N) is 1. The molecule has 1 rings (SSSR count). The van der Waals surface area contributed by atoms with Crippen LogP contribution in [0.25, 0.3) is 5.32 Å². The number of hydrogen-bond acceptors (Lipinski definition) is 5. The van der Waals surface area contributed by atoms with Crippen molar-refractivity contribution in [2.75, 3.05) is 33.9 Å². The van der Waals surface area contributed by atoms with Crippen LogP contribution >= 0.6 is 0 Å². The number of nitrogens with zero attached hydrogens (tertiary/aromatic N) is 2. The summed E-state index contributed by atoms with van der Waals surface area (Å²) in [7, 11) is 3.43. The Labute approximate surface area is 150 Å². The molecule has 0 aromatic heterocycles. The quantitative estimate of drug-likeness (QED) is 0.449. The van der Waals surface area contributed by atoms with Crippen LogP contribution in [0.3, 0.4) is 0 Å². The second-order valence-electron chi connectivity index (χ2n) is 3.80. The first-order valence-corrected chi connectivity index (χ1v) is 6.09. The number of ether oxygens (including phenoxy) is 1. The summed E-state index contributed by atoms with van der Waals surface area (Å²) >= 11 is 0. The van der Waals surface area contributed by atoms with Crippen molar-refractivity contribution in [3.8, 4) is 0 Å². The summed E-state index contributed by atoms with van der Waals surface area (Å²) in [6.45, 7) is 1.41. The van der Waals surface area contributed by atoms with Gasteiger partial charge in [-0.25, -0.2) is 9.68 Å². The fourth-order valence-electron chi connectivity index (χ4n) is 1.17. The second kappa shape index (κ2) is 15.8. The van der Waals surface area contributed by atoms with Crippen molar-refractivity contribution in [2.45, 2.75) is 6.61 Å². The molecule has 0 atom stereocenters. The van der Waals surface area contributed by atoms with Crippen LogP contribution in [0.4, 0.5) is 4.79 Å². The Hall–Kier alpha value is -0.566. The van der Waals surface area contributed by atoms with Crippen LogP contribution in [0, 0.1) is 0 Å². The topological polar surface area (TPSA) is 99.1 Å². The molecule has 7 nitrogen and oxygen atoms in total. The van der Waals surface area contributed by atoms with Gasteiger partial charge in [0.15, 0.2) is 0 Å². The van der Waals surface area contributed by atoms with Crippen LogP contribution in [-0.2, 0) is 48.9 Å². The minimum absolute atomic E-state index is 0. The molecule has 0 bridgehead atoms. The average molecular weight is 373 g/mol. The van der Waals surface area contributed by atoms with E-state index in [4.69, 9.17) is 9.99 Å². The molecule has 3 N–H and O–H groups in total. The third-order valence-corrected chi connectivity index (χ3v) is 2.25. The Morgan fingerprint density at radius 1 is 1.38 bits per heavy atom. The van der Waals surface area contributed by atoms with E-state index >= 15 is 0 Å². The molecule has 0 aliphatic rings. The summed E-state index contributed by atoms with van der Waals surface area (Å²) in [5.41, 5.74) is 5.55. The van der Waals surface area contributed by atoms with Crippen molar-refractivity contribution in [3.05, 3.63) is 41.2 Å². The van der Waals surface area contributed by atoms with Crippen LogP contribution in [0.5, 0.6) is 0 Å². The van der Waals surface area contributed by atoms with Crippen molar-refractivity contribution >= 4 is 6.09 Å². The number of likely N-dealkylation sites (N-methyl/N-ethyl adjacent to an activating group) is 2. The molecule has 0 saturated carbocycles. The SMILES string of the molecule is C[N-]CCN(C)C(=O)OCc1ccccc1.NCOO.[Y]. The first-order chi connectivity index (χ1) is 9.65. The van der Waals surface area contributed by atoms with Crippen LogP contribution in [0.2, 0.25) is 0 Å². The van der Waals surface area contributed by atoms with Gasteiger partial charge in [-0.2, -0.15) is 7.05 Å². The van der Waals surface area contributed by atoms with E-state index < -0.39 is 0 Å². The van der Waals surface area contributed by atoms with Gasteiger partial charge in [-0.1, -0.05) is 30.3 Å². The molecule has 0 heterocycles. The second-order valence-corrected chi connectivity index (χ2v) is 3.80. The van der Waals surface area contributed by atoms with Crippen LogP contribution in [0.1, 0.15) is 5.56 Å². The molecular weight excluding hydrogens is 351 g/mol. The van der Waals surface area contributed by atoms with Gasteiger partial charge in [0.25, 0.3) is 0 Å². The van der Waals surface area contributed by atoms with Gasteiger partial charge in [-0.3, -0.25) is 5.26 Å². The van der Waals surface area contributed by atoms with Gasteiger partial charge in [0.05, 0.1) is 0 Å². The molecule has 1 radical (unpaired) electrons. The van der Waals surface area contributed by atoms with Gasteiger partial charge >= 0.3 is 6.09 Å². The Kier molecular flexibility index (Phi) is 17.1. The smallest absolute Gasteiger partial charge is 0.409 e. The standard InChI is InChI=1S/C12H17N2O2.CH5NO2.Y/c1-13-8-9-14(2)12(15)16-10-11-6-4-3-5-7-11;2-1-4-3;/h3-7H,8-10H2,1-2H3;3H,1-2H2;/q-1;;. The van der Waals surface area contributed by atoms with E-state index in [9.17, 15) is 4.79 Å². The molecule has 0 fully saturated rings. The van der Waals surface area contributed by atoms with Crippen molar-refractivity contribution in [1.82, 2.24) is 4.90 Å². The first kappa shape index (κ1) is 22.7. The van der Waals surface area contributed by atoms with Gasteiger partial charge in [0.2, 0.25) is 0 Å². The summed E-state index contributed by atoms with van der Waals surface area (Å²) in [5, 5.41) is 11.2. The van der Waals surface area contributed by atoms with Crippen LogP contribution in [0.15, 0.2) is 30.3 Å². The maximum absolute atomic E-state index is 11.5. The summed E-state index contributed by atoms with van der Waals surface area (Å²) in [5.74, 6) is 0. The third kappa shape index (κ3) is 12.9. The minimum Gasteiger partial charge on any atom is -0.664 e. The van der Waals surface area contributed by atoms with Gasteiger partial charge in [0.1, 0.15) is 13.3 Å². The van der Waals surface area contributed by atoms with E-state index in [1.54, 1.807) is 14.1 Å². The zero-order valence-corrected chi connectivity index (χ0v) is 15.3. The maximum Gasteiger partial charge on any atom is 0.409 e. The molecule has 0 saturated heterocycles. The largest absolute Gasteiger partial charge is 0.664 e. The number of amides is 1. The summed E-state index contributed by atoms with van der Waals surface area (Å²) in [6.07, 6.45) is -0.312. The summed E-state index contributed by atoms with van der Waals surface area (Å²) < 4.78 is 5.13. The van der Waals surface area contributed by atoms with E-state index in [1.165, 1.54) is 4.90 Å². The monoisotopic (exact) mass is 373 g/mol. The number of carbonyl (C=O) groups is 1. The summed E-state index contributed by atoms with van der Waals surface area (Å²) in [6, 6.07) is 9.62. The maximum atomic E-state index is 11.5. The van der Waals surface area contributed by atoms with Gasteiger partial charge in [-0.05, 0) is 5.56 Å². The molecule has 0 aliphatic heterocycles. The molecule has 1 aromatic carbocycles. The van der Waals surface area contributed by atoms with Crippen molar-refractivity contribution in [1.29, 1.82) is 0 Å². The molecule has 1 amide bonds. The molecular formula is C13H22N3O4Y-. The number of carbonyl (C=O) groups excluding carboxylic acids is 1. The Balaban J connectivity index is 0. The first-order valence-electron chi connectivity index (χ1n) is 6.09. The van der Waals surface area contributed by atoms with E-state index in [-0.39, 0.29) is 45.5 Å². The molecule has 8 heteroatoms. The van der Waals surface area contributed by atoms with Gasteiger partial charge in [0, 0.05) is 46.3 Å². The molecule has 0 aliphatic carbocycles. The molecule has 1 aromatic rings. The van der Waals surface area contributed by atoms with Crippen LogP contribution < -0.4 is 5.73 Å². The number of benzene rings is 1. The Morgan fingerprint density at radius 2 is 1.95 bits per heavy atom. The number of hydrogen-bond donors (Lipinski definition) is 2. The van der Waals surface area contributed by atoms with Crippen molar-refractivity contribution in [2.24, 2.45) is 5.73 Å². The average Bonchev–Trinajstić information content (AvgIpc) is 2.51. The van der Waals surface area contributed by atoms with Gasteiger partial charge in [-0.15, -0.1) is 6.54 Å². The molecule has 0 unspecified atom stereocenters. The van der Waals surface area contributed by atoms with Gasteiger partial charge < -0.3 is 20.7 Å². The predicted octanol–water partition coefficient (Wildman–Crippen LogP) is 1.65. The van der Waals surface area contributed by atoms with E-state index in [0.717, 1.165) is 5.56 Å². The fraction of sp³-hybridized carbons (Fsp3) is 0.462. The molecule has 21 heavy (non-hydrogen) atoms. The van der Waals surface area contributed by atoms with E-state index in [1.807, 2.05) is 30.3 Å². The molecule has 117 valence electrons.